The zero-order valence-electron chi connectivity index (χ0n) is 14.1. The number of piperazine rings is 1. The summed E-state index contributed by atoms with van der Waals surface area (Å²) in [6, 6.07) is 0.369. The number of halogens is 1. The normalized spacial score (nSPS) is 29.5. The Morgan fingerprint density at radius 2 is 2.04 bits per heavy atom. The van der Waals surface area contributed by atoms with Crippen LogP contribution < -0.4 is 5.32 Å². The third-order valence-corrected chi connectivity index (χ3v) is 5.54. The Hall–Kier alpha value is -1.85. The average molecular weight is 327 g/mol. The van der Waals surface area contributed by atoms with E-state index in [0.717, 1.165) is 43.9 Å². The van der Waals surface area contributed by atoms with Crippen LogP contribution in [0.1, 0.15) is 20.3 Å². The number of nitrogens with zero attached hydrogens (tertiary/aromatic N) is 2. The Morgan fingerprint density at radius 3 is 2.79 bits per heavy atom. The first-order valence-electron chi connectivity index (χ1n) is 8.56. The van der Waals surface area contributed by atoms with Crippen LogP contribution in [0.2, 0.25) is 0 Å². The van der Waals surface area contributed by atoms with Crippen LogP contribution in [0.5, 0.6) is 0 Å². The van der Waals surface area contributed by atoms with Crippen molar-refractivity contribution in [2.45, 2.75) is 26.3 Å². The number of carbonyl (C=O) groups is 1. The summed E-state index contributed by atoms with van der Waals surface area (Å²) in [4.78, 5) is 18.9. The average Bonchev–Trinajstić information content (AvgIpc) is 2.58. The molecule has 0 aromatic carbocycles. The Labute approximate surface area is 141 Å². The lowest BCUT2D eigenvalue weighted by Crippen LogP contribution is -2.49. The maximum absolute atomic E-state index is 13.7. The molecule has 2 heterocycles. The van der Waals surface area contributed by atoms with Gasteiger partial charge >= 0.3 is 0 Å². The molecule has 0 radical (unpaired) electrons. The fraction of sp³-hybridized carbons (Fsp3) is 0.474. The Kier molecular flexibility index (Phi) is 3.66. The maximum Gasteiger partial charge on any atom is 0.214 e. The molecule has 0 saturated carbocycles. The van der Waals surface area contributed by atoms with Crippen LogP contribution in [0.15, 0.2) is 52.0 Å². The van der Waals surface area contributed by atoms with E-state index in [1.165, 1.54) is 17.7 Å². The van der Waals surface area contributed by atoms with Gasteiger partial charge < -0.3 is 5.32 Å². The first kappa shape index (κ1) is 15.7. The van der Waals surface area contributed by atoms with Crippen molar-refractivity contribution in [2.75, 3.05) is 26.2 Å². The topological polar surface area (TPSA) is 44.7 Å². The molecule has 1 unspecified atom stereocenters. The summed E-state index contributed by atoms with van der Waals surface area (Å²) in [5, 5.41) is 3.38. The predicted molar refractivity (Wildman–Crippen MR) is 92.5 cm³/mol. The van der Waals surface area contributed by atoms with E-state index in [0.29, 0.717) is 11.8 Å². The largest absolute Gasteiger partial charge is 0.314 e. The van der Waals surface area contributed by atoms with Gasteiger partial charge in [-0.05, 0) is 29.7 Å². The van der Waals surface area contributed by atoms with Gasteiger partial charge in [0, 0.05) is 43.7 Å². The summed E-state index contributed by atoms with van der Waals surface area (Å²) in [6.45, 7) is 8.35. The van der Waals surface area contributed by atoms with E-state index >= 15 is 0 Å². The molecule has 5 heteroatoms. The van der Waals surface area contributed by atoms with Crippen molar-refractivity contribution in [3.63, 3.8) is 0 Å². The molecule has 0 aromatic heterocycles. The van der Waals surface area contributed by atoms with E-state index in [1.54, 1.807) is 0 Å². The van der Waals surface area contributed by atoms with Gasteiger partial charge in [-0.2, -0.15) is 0 Å². The number of hydrogen-bond donors (Lipinski definition) is 1. The minimum absolute atomic E-state index is 0.309. The van der Waals surface area contributed by atoms with Crippen LogP contribution in [0.25, 0.3) is 0 Å². The number of hydrogen-bond acceptors (Lipinski definition) is 4. The number of rotatable bonds is 1. The molecule has 0 aromatic rings. The molecule has 2 aliphatic heterocycles. The summed E-state index contributed by atoms with van der Waals surface area (Å²) < 4.78 is 13.7. The molecule has 1 N–H and O–H groups in total. The van der Waals surface area contributed by atoms with Crippen molar-refractivity contribution in [1.29, 1.82) is 0 Å². The highest BCUT2D eigenvalue weighted by atomic mass is 19.1. The molecule has 0 amide bonds. The van der Waals surface area contributed by atoms with Crippen molar-refractivity contribution >= 4 is 11.5 Å². The number of carbonyl (C=O) groups excluding carboxylic acids is 1. The first-order valence-corrected chi connectivity index (χ1v) is 8.56. The quantitative estimate of drug-likeness (QED) is 0.752. The van der Waals surface area contributed by atoms with Gasteiger partial charge in [0.15, 0.2) is 5.83 Å². The van der Waals surface area contributed by atoms with E-state index in [2.05, 4.69) is 41.2 Å². The summed E-state index contributed by atoms with van der Waals surface area (Å²) >= 11 is 0. The molecule has 4 rings (SSSR count). The van der Waals surface area contributed by atoms with Crippen LogP contribution >= 0.6 is 0 Å². The van der Waals surface area contributed by atoms with E-state index in [-0.39, 0.29) is 5.41 Å². The molecule has 0 spiro atoms. The van der Waals surface area contributed by atoms with Gasteiger partial charge in [-0.1, -0.05) is 19.9 Å². The number of allylic oxidation sites excluding steroid dienone is 5. The number of nitrogens with one attached hydrogen (secondary N) is 1. The first-order chi connectivity index (χ1) is 11.5. The molecule has 4 nitrogen and oxygen atoms in total. The van der Waals surface area contributed by atoms with E-state index < -0.39 is 11.6 Å². The van der Waals surface area contributed by atoms with Gasteiger partial charge in [0.25, 0.3) is 0 Å². The fourth-order valence-corrected chi connectivity index (χ4v) is 4.06. The second-order valence-electron chi connectivity index (χ2n) is 7.32. The zero-order chi connectivity index (χ0) is 16.9. The highest BCUT2D eigenvalue weighted by Gasteiger charge is 2.40. The summed E-state index contributed by atoms with van der Waals surface area (Å²) in [5.41, 5.74) is 3.28. The van der Waals surface area contributed by atoms with Crippen molar-refractivity contribution < 1.29 is 9.18 Å². The number of fused-ring (bicyclic) bond motifs is 1. The molecule has 2 aliphatic carbocycles. The molecular formula is C19H22FN3O. The van der Waals surface area contributed by atoms with Crippen molar-refractivity contribution in [2.24, 2.45) is 10.4 Å². The highest BCUT2D eigenvalue weighted by Crippen LogP contribution is 2.47. The van der Waals surface area contributed by atoms with Gasteiger partial charge in [-0.15, -0.1) is 0 Å². The molecule has 1 fully saturated rings. The van der Waals surface area contributed by atoms with Gasteiger partial charge in [0.05, 0.1) is 11.4 Å². The second kappa shape index (κ2) is 5.60. The molecule has 4 aliphatic rings. The van der Waals surface area contributed by atoms with Gasteiger partial charge in [-0.25, -0.2) is 9.38 Å². The van der Waals surface area contributed by atoms with Crippen molar-refractivity contribution in [1.82, 2.24) is 10.2 Å². The summed E-state index contributed by atoms with van der Waals surface area (Å²) in [7, 11) is 0. The molecule has 126 valence electrons. The predicted octanol–water partition coefficient (Wildman–Crippen LogP) is 2.32. The van der Waals surface area contributed by atoms with Crippen molar-refractivity contribution in [3.8, 4) is 0 Å². The van der Waals surface area contributed by atoms with Gasteiger partial charge in [-0.3, -0.25) is 9.69 Å². The molecule has 1 saturated heterocycles. The van der Waals surface area contributed by atoms with Crippen LogP contribution in [-0.2, 0) is 4.79 Å². The zero-order valence-corrected chi connectivity index (χ0v) is 14.1. The highest BCUT2D eigenvalue weighted by molar-refractivity contribution is 6.22. The molecular weight excluding hydrogens is 305 g/mol. The monoisotopic (exact) mass is 327 g/mol. The lowest BCUT2D eigenvalue weighted by molar-refractivity contribution is -0.112. The minimum atomic E-state index is -0.726. The summed E-state index contributed by atoms with van der Waals surface area (Å²) in [6.07, 6.45) is 7.90. The minimum Gasteiger partial charge on any atom is -0.314 e. The Morgan fingerprint density at radius 1 is 1.29 bits per heavy atom. The third-order valence-electron chi connectivity index (χ3n) is 5.54. The van der Waals surface area contributed by atoms with Gasteiger partial charge in [0.1, 0.15) is 0 Å². The van der Waals surface area contributed by atoms with E-state index in [9.17, 15) is 9.18 Å². The Balaban J connectivity index is 1.69. The third kappa shape index (κ3) is 2.43. The van der Waals surface area contributed by atoms with E-state index in [1.807, 2.05) is 0 Å². The smallest absolute Gasteiger partial charge is 0.214 e. The fourth-order valence-electron chi connectivity index (χ4n) is 4.06. The number of aliphatic imine (C=N–C) groups is 1. The van der Waals surface area contributed by atoms with Gasteiger partial charge in [0.2, 0.25) is 5.78 Å². The van der Waals surface area contributed by atoms with Crippen molar-refractivity contribution in [3.05, 3.63) is 47.0 Å². The molecule has 0 bridgehead atoms. The van der Waals surface area contributed by atoms with Crippen LogP contribution in [0.3, 0.4) is 0 Å². The van der Waals surface area contributed by atoms with Crippen LogP contribution in [-0.4, -0.2) is 48.6 Å². The summed E-state index contributed by atoms with van der Waals surface area (Å²) in [5.74, 6) is -1.28. The van der Waals surface area contributed by atoms with Crippen LogP contribution in [0.4, 0.5) is 4.39 Å². The maximum atomic E-state index is 13.7. The lowest BCUT2D eigenvalue weighted by Gasteiger charge is -2.42. The Bertz CT molecular complexity index is 749. The standard InChI is InChI=1S/C19H22FN3O/c1-19(2)13-9-12(23-7-5-21-6-8-23)3-4-16(13)22-17-11-15(20)18(24)10-14(17)19/h3-4,10-12,21H,5-9H2,1-2H3. The van der Waals surface area contributed by atoms with Crippen LogP contribution in [0, 0.1) is 5.41 Å². The lowest BCUT2D eigenvalue weighted by atomic mass is 9.68. The SMILES string of the molecule is CC1(C)C2=CC(=O)C(F)=CC2=NC2=C1CC(N1CCNCC1)C=C2. The molecule has 1 atom stereocenters. The molecule has 24 heavy (non-hydrogen) atoms. The number of ketones is 1. The van der Waals surface area contributed by atoms with E-state index in [4.69, 9.17) is 0 Å². The second-order valence-corrected chi connectivity index (χ2v) is 7.32.